The topological polar surface area (TPSA) is 119 Å². The molecule has 0 bridgehead atoms. The molecule has 182 valence electrons. The Hall–Kier alpha value is -3.27. The lowest BCUT2D eigenvalue weighted by Gasteiger charge is -2.28. The van der Waals surface area contributed by atoms with Crippen LogP contribution in [0.2, 0.25) is 5.02 Å². The minimum atomic E-state index is -0.663. The molecule has 6 rings (SSSR count). The molecule has 2 aliphatic rings. The summed E-state index contributed by atoms with van der Waals surface area (Å²) < 4.78 is 7.46. The van der Waals surface area contributed by atoms with Gasteiger partial charge in [-0.05, 0) is 43.6 Å². The fourth-order valence-electron chi connectivity index (χ4n) is 5.29. The third kappa shape index (κ3) is 4.31. The van der Waals surface area contributed by atoms with E-state index in [2.05, 4.69) is 36.6 Å². The highest BCUT2D eigenvalue weighted by Crippen LogP contribution is 2.36. The summed E-state index contributed by atoms with van der Waals surface area (Å²) in [5, 5.41) is 6.73. The summed E-state index contributed by atoms with van der Waals surface area (Å²) in [4.78, 5) is 32.7. The fraction of sp³-hybridized carbons (Fsp3) is 0.500. The molecule has 1 saturated carbocycles. The third-order valence-electron chi connectivity index (χ3n) is 7.16. The lowest BCUT2D eigenvalue weighted by Crippen LogP contribution is -2.25. The van der Waals surface area contributed by atoms with Gasteiger partial charge in [0, 0.05) is 37.6 Å². The van der Waals surface area contributed by atoms with Gasteiger partial charge < -0.3 is 13.9 Å². The zero-order chi connectivity index (χ0) is 23.9. The van der Waals surface area contributed by atoms with E-state index in [4.69, 9.17) is 26.0 Å². The van der Waals surface area contributed by atoms with E-state index in [1.165, 1.54) is 25.7 Å². The van der Waals surface area contributed by atoms with E-state index in [1.54, 1.807) is 12.4 Å². The number of hydrogen-bond donors (Lipinski definition) is 1. The van der Waals surface area contributed by atoms with E-state index in [9.17, 15) is 4.79 Å². The molecule has 35 heavy (non-hydrogen) atoms. The second kappa shape index (κ2) is 9.07. The van der Waals surface area contributed by atoms with E-state index >= 15 is 0 Å². The van der Waals surface area contributed by atoms with Gasteiger partial charge in [-0.1, -0.05) is 31.4 Å². The molecule has 10 nitrogen and oxygen atoms in total. The first kappa shape index (κ1) is 22.2. The van der Waals surface area contributed by atoms with Crippen molar-refractivity contribution in [1.82, 2.24) is 34.7 Å². The minimum Gasteiger partial charge on any atom is -0.384 e. The molecule has 0 aromatic carbocycles. The Morgan fingerprint density at radius 3 is 2.63 bits per heavy atom. The molecule has 2 fully saturated rings. The average molecular weight is 495 g/mol. The van der Waals surface area contributed by atoms with Crippen molar-refractivity contribution in [3.05, 3.63) is 34.0 Å². The van der Waals surface area contributed by atoms with Gasteiger partial charge in [-0.3, -0.25) is 4.98 Å². The normalized spacial score (nSPS) is 20.7. The van der Waals surface area contributed by atoms with Gasteiger partial charge in [-0.2, -0.15) is 4.98 Å². The predicted molar refractivity (Wildman–Crippen MR) is 132 cm³/mol. The summed E-state index contributed by atoms with van der Waals surface area (Å²) in [6.07, 6.45) is 10.5. The molecule has 4 aromatic rings. The van der Waals surface area contributed by atoms with E-state index in [0.29, 0.717) is 22.3 Å². The van der Waals surface area contributed by atoms with Crippen LogP contribution in [0.4, 0.5) is 5.95 Å². The van der Waals surface area contributed by atoms with Gasteiger partial charge in [0.2, 0.25) is 11.8 Å². The Bertz CT molecular complexity index is 1410. The Labute approximate surface area is 206 Å². The monoisotopic (exact) mass is 494 g/mol. The van der Waals surface area contributed by atoms with Crippen LogP contribution in [0.25, 0.3) is 34.1 Å². The minimum absolute atomic E-state index is 0.0201. The summed E-state index contributed by atoms with van der Waals surface area (Å²) >= 11 is 6.31. The number of aromatic amines is 1. The van der Waals surface area contributed by atoms with E-state index < -0.39 is 5.76 Å². The van der Waals surface area contributed by atoms with E-state index in [1.807, 2.05) is 6.07 Å². The highest BCUT2D eigenvalue weighted by atomic mass is 35.5. The Kier molecular flexibility index (Phi) is 5.75. The summed E-state index contributed by atoms with van der Waals surface area (Å²) in [6, 6.07) is 1.83. The van der Waals surface area contributed by atoms with Gasteiger partial charge in [-0.25, -0.2) is 19.9 Å². The van der Waals surface area contributed by atoms with Crippen LogP contribution >= 0.6 is 11.6 Å². The molecule has 1 N–H and O–H groups in total. The van der Waals surface area contributed by atoms with Gasteiger partial charge in [-0.15, -0.1) is 5.10 Å². The fourth-order valence-corrected chi connectivity index (χ4v) is 5.46. The van der Waals surface area contributed by atoms with Crippen LogP contribution in [0.5, 0.6) is 0 Å². The molecule has 0 spiro atoms. The van der Waals surface area contributed by atoms with Crippen LogP contribution in [0.15, 0.2) is 27.7 Å². The van der Waals surface area contributed by atoms with Gasteiger partial charge in [0.05, 0.1) is 5.02 Å². The van der Waals surface area contributed by atoms with Crippen LogP contribution in [0.1, 0.15) is 45.4 Å². The summed E-state index contributed by atoms with van der Waals surface area (Å²) in [6.45, 7) is 5.13. The average Bonchev–Trinajstić information content (AvgIpc) is 3.60. The van der Waals surface area contributed by atoms with Gasteiger partial charge in [0.25, 0.3) is 5.89 Å². The number of pyridine rings is 1. The zero-order valence-electron chi connectivity index (χ0n) is 19.6. The van der Waals surface area contributed by atoms with Crippen molar-refractivity contribution in [3.63, 3.8) is 0 Å². The largest absolute Gasteiger partial charge is 0.434 e. The number of nitrogens with zero attached hydrogens (tertiary/aromatic N) is 7. The predicted octanol–water partition coefficient (Wildman–Crippen LogP) is 4.31. The van der Waals surface area contributed by atoms with Crippen molar-refractivity contribution in [2.24, 2.45) is 11.8 Å². The van der Waals surface area contributed by atoms with Crippen molar-refractivity contribution in [3.8, 4) is 23.0 Å². The molecule has 11 heteroatoms. The van der Waals surface area contributed by atoms with Crippen molar-refractivity contribution >= 4 is 28.7 Å². The van der Waals surface area contributed by atoms with Crippen LogP contribution in [-0.2, 0) is 6.54 Å². The van der Waals surface area contributed by atoms with Gasteiger partial charge >= 0.3 is 5.76 Å². The van der Waals surface area contributed by atoms with Crippen LogP contribution < -0.4 is 10.7 Å². The maximum atomic E-state index is 11.6. The number of halogens is 1. The number of hydrogen-bond acceptors (Lipinski definition) is 8. The van der Waals surface area contributed by atoms with E-state index in [0.717, 1.165) is 55.4 Å². The Morgan fingerprint density at radius 2 is 1.91 bits per heavy atom. The highest BCUT2D eigenvalue weighted by molar-refractivity contribution is 6.30. The summed E-state index contributed by atoms with van der Waals surface area (Å²) in [5.41, 5.74) is 2.78. The summed E-state index contributed by atoms with van der Waals surface area (Å²) in [7, 11) is 0. The number of imidazole rings is 1. The van der Waals surface area contributed by atoms with Gasteiger partial charge in [0.1, 0.15) is 11.2 Å². The molecule has 1 aliphatic carbocycles. The van der Waals surface area contributed by atoms with Crippen LogP contribution in [0, 0.1) is 11.8 Å². The summed E-state index contributed by atoms with van der Waals surface area (Å²) in [5.74, 6) is 1.82. The third-order valence-corrected chi connectivity index (χ3v) is 7.36. The maximum Gasteiger partial charge on any atom is 0.434 e. The first-order valence-electron chi connectivity index (χ1n) is 12.2. The van der Waals surface area contributed by atoms with E-state index in [-0.39, 0.29) is 11.7 Å². The smallest absolute Gasteiger partial charge is 0.384 e. The molecular formula is C24H27ClN8O2. The van der Waals surface area contributed by atoms with Crippen LogP contribution in [-0.4, -0.2) is 47.8 Å². The molecule has 0 radical (unpaired) electrons. The number of fused-ring (bicyclic) bond motifs is 1. The van der Waals surface area contributed by atoms with Crippen molar-refractivity contribution in [2.75, 3.05) is 18.0 Å². The second-order valence-corrected chi connectivity index (χ2v) is 10.2. The number of anilines is 1. The Morgan fingerprint density at radius 1 is 1.11 bits per heavy atom. The first-order valence-corrected chi connectivity index (χ1v) is 12.6. The molecule has 5 heterocycles. The molecular weight excluding hydrogens is 468 g/mol. The second-order valence-electron chi connectivity index (χ2n) is 9.72. The quantitative estimate of drug-likeness (QED) is 0.436. The number of rotatable bonds is 5. The molecule has 1 saturated heterocycles. The maximum absolute atomic E-state index is 11.6. The molecule has 0 unspecified atom stereocenters. The van der Waals surface area contributed by atoms with Crippen molar-refractivity contribution in [2.45, 2.75) is 52.0 Å². The van der Waals surface area contributed by atoms with Gasteiger partial charge in [0.15, 0.2) is 5.65 Å². The first-order chi connectivity index (χ1) is 17.0. The lowest BCUT2D eigenvalue weighted by molar-refractivity contribution is 0.267. The number of H-pyrrole nitrogens is 1. The standard InChI is InChI=1S/C24H27ClN8O2/c1-14-4-6-15(7-5-14)13-33-19-18(16-10-17(25)12-26-11-16)27-21(22-30-31-24(34)35-22)28-20(19)29-23(33)32-8-2-3-9-32/h10-12,14-15H,2-9,13H2,1H3,(H,31,34). The SMILES string of the molecule is CC1CCC(Cn2c(N3CCCC3)nc3nc(-c4n[nH]c(=O)o4)nc(-c4cncc(Cl)c4)c32)CC1. The molecule has 1 aliphatic heterocycles. The van der Waals surface area contributed by atoms with Crippen molar-refractivity contribution in [1.29, 1.82) is 0 Å². The number of aromatic nitrogens is 7. The highest BCUT2D eigenvalue weighted by Gasteiger charge is 2.28. The number of nitrogens with one attached hydrogen (secondary N) is 1. The molecule has 4 aromatic heterocycles. The molecule has 0 amide bonds. The zero-order valence-corrected chi connectivity index (χ0v) is 20.3. The Balaban J connectivity index is 1.57. The van der Waals surface area contributed by atoms with Crippen LogP contribution in [0.3, 0.4) is 0 Å². The lowest BCUT2D eigenvalue weighted by atomic mass is 9.83. The molecule has 0 atom stereocenters. The van der Waals surface area contributed by atoms with Crippen molar-refractivity contribution < 1.29 is 4.42 Å².